The second-order valence-corrected chi connectivity index (χ2v) is 7.50. The molecular weight excluding hydrogens is 356 g/mol. The normalized spacial score (nSPS) is 20.1. The first-order chi connectivity index (χ1) is 13.5. The van der Waals surface area contributed by atoms with E-state index in [0.29, 0.717) is 13.1 Å². The molecule has 0 radical (unpaired) electrons. The average Bonchev–Trinajstić information content (AvgIpc) is 3.16. The number of aliphatic hydroxyl groups is 2. The number of carbonyl (C=O) groups excluding carboxylic acids is 2. The van der Waals surface area contributed by atoms with Crippen molar-refractivity contribution in [2.24, 2.45) is 0 Å². The molecule has 3 atom stereocenters. The summed E-state index contributed by atoms with van der Waals surface area (Å²) in [5.74, 6) is -1.36. The molecule has 28 heavy (non-hydrogen) atoms. The lowest BCUT2D eigenvalue weighted by Crippen LogP contribution is -2.50. The maximum Gasteiger partial charge on any atom is 0.255 e. The zero-order chi connectivity index (χ0) is 19.7. The molecular formula is C22H24N2O4. The fraction of sp³-hybridized carbons (Fsp3) is 0.364. The first-order valence-corrected chi connectivity index (χ1v) is 9.64. The number of amides is 2. The number of nitrogens with one attached hydrogen (secondary N) is 1. The Bertz CT molecular complexity index is 873. The van der Waals surface area contributed by atoms with E-state index in [-0.39, 0.29) is 6.04 Å². The average molecular weight is 380 g/mol. The molecule has 0 fully saturated rings. The van der Waals surface area contributed by atoms with Crippen LogP contribution >= 0.6 is 0 Å². The van der Waals surface area contributed by atoms with E-state index in [2.05, 4.69) is 5.32 Å². The highest BCUT2D eigenvalue weighted by atomic mass is 16.3. The van der Waals surface area contributed by atoms with Crippen molar-refractivity contribution in [3.05, 3.63) is 70.8 Å². The Hall–Kier alpha value is -2.70. The van der Waals surface area contributed by atoms with Gasteiger partial charge in [0.15, 0.2) is 12.2 Å². The van der Waals surface area contributed by atoms with E-state index < -0.39 is 24.0 Å². The van der Waals surface area contributed by atoms with Crippen LogP contribution in [0.2, 0.25) is 0 Å². The van der Waals surface area contributed by atoms with Crippen molar-refractivity contribution in [2.75, 3.05) is 0 Å². The summed E-state index contributed by atoms with van der Waals surface area (Å²) in [5.41, 5.74) is 4.24. The molecule has 146 valence electrons. The van der Waals surface area contributed by atoms with Crippen molar-refractivity contribution >= 4 is 11.8 Å². The summed E-state index contributed by atoms with van der Waals surface area (Å²) in [6.45, 7) is 0.743. The van der Waals surface area contributed by atoms with Crippen LogP contribution in [-0.4, -0.2) is 39.1 Å². The van der Waals surface area contributed by atoms with Crippen LogP contribution in [0.25, 0.3) is 0 Å². The van der Waals surface area contributed by atoms with Gasteiger partial charge in [-0.05, 0) is 41.5 Å². The van der Waals surface area contributed by atoms with Crippen LogP contribution in [0.1, 0.15) is 41.1 Å². The third-order valence-corrected chi connectivity index (χ3v) is 5.66. The maximum atomic E-state index is 12.6. The molecule has 2 aromatic carbocycles. The summed E-state index contributed by atoms with van der Waals surface area (Å²) < 4.78 is 0. The van der Waals surface area contributed by atoms with Crippen LogP contribution < -0.4 is 5.32 Å². The SMILES string of the molecule is O=C(N[C@@H]1CCCc2ccccc21)[C@H](O)[C@@H](O)C(=O)N1Cc2ccccc2C1. The molecule has 3 N–H and O–H groups in total. The lowest BCUT2D eigenvalue weighted by atomic mass is 9.87. The molecule has 4 rings (SSSR count). The molecule has 0 unspecified atom stereocenters. The molecule has 6 nitrogen and oxygen atoms in total. The van der Waals surface area contributed by atoms with Gasteiger partial charge in [-0.2, -0.15) is 0 Å². The molecule has 1 aliphatic carbocycles. The second-order valence-electron chi connectivity index (χ2n) is 7.50. The van der Waals surface area contributed by atoms with E-state index >= 15 is 0 Å². The van der Waals surface area contributed by atoms with Gasteiger partial charge in [-0.3, -0.25) is 9.59 Å². The molecule has 2 amide bonds. The highest BCUT2D eigenvalue weighted by Gasteiger charge is 2.36. The van der Waals surface area contributed by atoms with E-state index in [9.17, 15) is 19.8 Å². The quantitative estimate of drug-likeness (QED) is 0.749. The van der Waals surface area contributed by atoms with E-state index in [1.807, 2.05) is 48.5 Å². The minimum Gasteiger partial charge on any atom is -0.380 e. The lowest BCUT2D eigenvalue weighted by molar-refractivity contribution is -0.153. The molecule has 0 bridgehead atoms. The molecule has 1 aliphatic heterocycles. The van der Waals surface area contributed by atoms with E-state index in [1.165, 1.54) is 10.5 Å². The van der Waals surface area contributed by atoms with Gasteiger partial charge in [0.2, 0.25) is 0 Å². The number of fused-ring (bicyclic) bond motifs is 2. The summed E-state index contributed by atoms with van der Waals surface area (Å²) >= 11 is 0. The van der Waals surface area contributed by atoms with Crippen molar-refractivity contribution < 1.29 is 19.8 Å². The van der Waals surface area contributed by atoms with Gasteiger partial charge < -0.3 is 20.4 Å². The largest absolute Gasteiger partial charge is 0.380 e. The van der Waals surface area contributed by atoms with Crippen LogP contribution in [0, 0.1) is 0 Å². The monoisotopic (exact) mass is 380 g/mol. The summed E-state index contributed by atoms with van der Waals surface area (Å²) in [6, 6.07) is 15.3. The van der Waals surface area contributed by atoms with E-state index in [1.54, 1.807) is 0 Å². The molecule has 0 saturated heterocycles. The topological polar surface area (TPSA) is 89.9 Å². The van der Waals surface area contributed by atoms with Gasteiger partial charge in [0.05, 0.1) is 6.04 Å². The van der Waals surface area contributed by atoms with Gasteiger partial charge >= 0.3 is 0 Å². The maximum absolute atomic E-state index is 12.6. The van der Waals surface area contributed by atoms with Gasteiger partial charge in [0.25, 0.3) is 11.8 Å². The molecule has 0 saturated carbocycles. The predicted molar refractivity (Wildman–Crippen MR) is 103 cm³/mol. The standard InChI is InChI=1S/C22H24N2O4/c25-19(20(26)22(28)24-12-15-7-1-2-8-16(15)13-24)21(27)23-18-11-5-9-14-6-3-4-10-17(14)18/h1-4,6-8,10,18-20,25-26H,5,9,11-13H2,(H,23,27)/t18-,19-,20-/m1/s1. The van der Waals surface area contributed by atoms with Crippen molar-refractivity contribution in [3.8, 4) is 0 Å². The zero-order valence-corrected chi connectivity index (χ0v) is 15.5. The first kappa shape index (κ1) is 18.7. The Kier molecular flexibility index (Phi) is 5.15. The van der Waals surface area contributed by atoms with Crippen LogP contribution in [0.4, 0.5) is 0 Å². The molecule has 6 heteroatoms. The smallest absolute Gasteiger partial charge is 0.255 e. The van der Waals surface area contributed by atoms with Gasteiger partial charge in [-0.25, -0.2) is 0 Å². The minimum absolute atomic E-state index is 0.217. The number of benzene rings is 2. The number of carbonyl (C=O) groups is 2. The summed E-state index contributed by atoms with van der Waals surface area (Å²) in [5, 5.41) is 23.4. The van der Waals surface area contributed by atoms with Gasteiger partial charge in [0.1, 0.15) is 0 Å². The Balaban J connectivity index is 1.40. The summed E-state index contributed by atoms with van der Waals surface area (Å²) in [7, 11) is 0. The fourth-order valence-corrected chi connectivity index (χ4v) is 4.12. The van der Waals surface area contributed by atoms with Crippen LogP contribution in [0.15, 0.2) is 48.5 Å². The molecule has 2 aromatic rings. The first-order valence-electron chi connectivity index (χ1n) is 9.64. The molecule has 0 aromatic heterocycles. The van der Waals surface area contributed by atoms with Crippen molar-refractivity contribution in [2.45, 2.75) is 50.6 Å². The number of rotatable bonds is 4. The Morgan fingerprint density at radius 3 is 2.21 bits per heavy atom. The van der Waals surface area contributed by atoms with Crippen molar-refractivity contribution in [1.29, 1.82) is 0 Å². The number of hydrogen-bond donors (Lipinski definition) is 3. The van der Waals surface area contributed by atoms with E-state index in [0.717, 1.165) is 36.0 Å². The van der Waals surface area contributed by atoms with Gasteiger partial charge in [0, 0.05) is 13.1 Å². The molecule has 0 spiro atoms. The number of hydrogen-bond acceptors (Lipinski definition) is 4. The molecule has 1 heterocycles. The number of aliphatic hydroxyl groups excluding tert-OH is 2. The van der Waals surface area contributed by atoms with Crippen molar-refractivity contribution in [3.63, 3.8) is 0 Å². The summed E-state index contributed by atoms with van der Waals surface area (Å²) in [6.07, 6.45) is -0.924. The van der Waals surface area contributed by atoms with Crippen LogP contribution in [-0.2, 0) is 29.1 Å². The highest BCUT2D eigenvalue weighted by Crippen LogP contribution is 2.29. The Morgan fingerprint density at radius 1 is 0.929 bits per heavy atom. The Morgan fingerprint density at radius 2 is 1.54 bits per heavy atom. The van der Waals surface area contributed by atoms with Crippen LogP contribution in [0.3, 0.4) is 0 Å². The highest BCUT2D eigenvalue weighted by molar-refractivity contribution is 5.91. The van der Waals surface area contributed by atoms with E-state index in [4.69, 9.17) is 0 Å². The minimum atomic E-state index is -1.80. The number of nitrogens with zero attached hydrogens (tertiary/aromatic N) is 1. The second kappa shape index (κ2) is 7.73. The van der Waals surface area contributed by atoms with Crippen LogP contribution in [0.5, 0.6) is 0 Å². The van der Waals surface area contributed by atoms with Crippen molar-refractivity contribution in [1.82, 2.24) is 10.2 Å². The summed E-state index contributed by atoms with van der Waals surface area (Å²) in [4.78, 5) is 26.6. The number of aryl methyl sites for hydroxylation is 1. The molecule has 2 aliphatic rings. The van der Waals surface area contributed by atoms with Gasteiger partial charge in [-0.1, -0.05) is 48.5 Å². The fourth-order valence-electron chi connectivity index (χ4n) is 4.12. The predicted octanol–water partition coefficient (Wildman–Crippen LogP) is 1.44. The third kappa shape index (κ3) is 3.53. The third-order valence-electron chi connectivity index (χ3n) is 5.66. The zero-order valence-electron chi connectivity index (χ0n) is 15.5. The lowest BCUT2D eigenvalue weighted by Gasteiger charge is -2.28. The Labute approximate surface area is 163 Å². The van der Waals surface area contributed by atoms with Gasteiger partial charge in [-0.15, -0.1) is 0 Å².